The van der Waals surface area contributed by atoms with Crippen molar-refractivity contribution in [1.29, 1.82) is 0 Å². The average molecular weight is 381 g/mol. The van der Waals surface area contributed by atoms with Crippen molar-refractivity contribution >= 4 is 37.8 Å². The molecule has 1 aromatic carbocycles. The molecule has 0 radical (unpaired) electrons. The van der Waals surface area contributed by atoms with Gasteiger partial charge in [0.1, 0.15) is 5.82 Å². The fourth-order valence-corrected chi connectivity index (χ4v) is 2.19. The zero-order valence-electron chi connectivity index (χ0n) is 10.2. The zero-order chi connectivity index (χ0) is 13.5. The smallest absolute Gasteiger partial charge is 0.254 e. The molecule has 1 amide bonds. The number of halogens is 3. The molecule has 0 aliphatic heterocycles. The molecule has 18 heavy (non-hydrogen) atoms. The Bertz CT molecular complexity index is 412. The lowest BCUT2D eigenvalue weighted by Gasteiger charge is -2.09. The van der Waals surface area contributed by atoms with Crippen LogP contribution in [0.25, 0.3) is 0 Å². The van der Waals surface area contributed by atoms with Crippen molar-refractivity contribution in [2.24, 2.45) is 5.92 Å². The summed E-state index contributed by atoms with van der Waals surface area (Å²) in [4.78, 5) is 11.8. The fraction of sp³-hybridized carbons (Fsp3) is 0.462. The highest BCUT2D eigenvalue weighted by Crippen LogP contribution is 2.18. The molecule has 0 heterocycles. The van der Waals surface area contributed by atoms with E-state index in [1.54, 1.807) is 12.1 Å². The highest BCUT2D eigenvalue weighted by molar-refractivity contribution is 9.10. The van der Waals surface area contributed by atoms with E-state index in [1.807, 2.05) is 0 Å². The number of carbonyl (C=O) groups excluding carboxylic acids is 1. The van der Waals surface area contributed by atoms with E-state index < -0.39 is 5.82 Å². The van der Waals surface area contributed by atoms with Gasteiger partial charge in [-0.3, -0.25) is 4.79 Å². The Hall–Kier alpha value is -0.420. The Morgan fingerprint density at radius 2 is 2.22 bits per heavy atom. The van der Waals surface area contributed by atoms with Gasteiger partial charge < -0.3 is 5.32 Å². The van der Waals surface area contributed by atoms with Crippen LogP contribution in [0, 0.1) is 11.7 Å². The molecule has 0 saturated carbocycles. The van der Waals surface area contributed by atoms with Gasteiger partial charge in [-0.1, -0.05) is 28.9 Å². The minimum atomic E-state index is -0.510. The fourth-order valence-electron chi connectivity index (χ4n) is 1.50. The molecule has 0 aromatic heterocycles. The van der Waals surface area contributed by atoms with Gasteiger partial charge in [-0.2, -0.15) is 0 Å². The minimum Gasteiger partial charge on any atom is -0.352 e. The zero-order valence-corrected chi connectivity index (χ0v) is 13.4. The summed E-state index contributed by atoms with van der Waals surface area (Å²) in [6.45, 7) is 2.71. The number of alkyl halides is 1. The summed E-state index contributed by atoms with van der Waals surface area (Å²) >= 11 is 6.47. The Morgan fingerprint density at radius 1 is 1.50 bits per heavy atom. The lowest BCUT2D eigenvalue weighted by atomic mass is 10.1. The van der Waals surface area contributed by atoms with Gasteiger partial charge in [-0.25, -0.2) is 4.39 Å². The number of hydrogen-bond acceptors (Lipinski definition) is 1. The summed E-state index contributed by atoms with van der Waals surface area (Å²) in [5.74, 6) is -0.284. The number of rotatable bonds is 6. The van der Waals surface area contributed by atoms with Crippen LogP contribution >= 0.6 is 31.9 Å². The van der Waals surface area contributed by atoms with Gasteiger partial charge >= 0.3 is 0 Å². The van der Waals surface area contributed by atoms with E-state index in [0.717, 1.165) is 18.2 Å². The standard InChI is InChI=1S/C13H16Br2FNO/c1-9(8-14)4-3-7-17-13(18)10-5-2-6-11(15)12(10)16/h2,5-6,9H,3-4,7-8H2,1H3,(H,17,18). The van der Waals surface area contributed by atoms with Crippen LogP contribution in [0.1, 0.15) is 30.1 Å². The summed E-state index contributed by atoms with van der Waals surface area (Å²) in [6.07, 6.45) is 1.93. The number of hydrogen-bond donors (Lipinski definition) is 1. The lowest BCUT2D eigenvalue weighted by molar-refractivity contribution is 0.0948. The molecule has 1 atom stereocenters. The summed E-state index contributed by atoms with van der Waals surface area (Å²) < 4.78 is 13.9. The molecule has 1 aromatic rings. The van der Waals surface area contributed by atoms with Crippen LogP contribution < -0.4 is 5.32 Å². The van der Waals surface area contributed by atoms with Crippen molar-refractivity contribution in [3.63, 3.8) is 0 Å². The van der Waals surface area contributed by atoms with Crippen molar-refractivity contribution < 1.29 is 9.18 Å². The van der Waals surface area contributed by atoms with Gasteiger partial charge in [-0.15, -0.1) is 0 Å². The monoisotopic (exact) mass is 379 g/mol. The molecule has 1 N–H and O–H groups in total. The molecule has 0 fully saturated rings. The topological polar surface area (TPSA) is 29.1 Å². The Morgan fingerprint density at radius 3 is 2.89 bits per heavy atom. The first kappa shape index (κ1) is 15.6. The number of amides is 1. The van der Waals surface area contributed by atoms with Crippen molar-refractivity contribution in [3.05, 3.63) is 34.1 Å². The second-order valence-electron chi connectivity index (χ2n) is 4.26. The van der Waals surface area contributed by atoms with Gasteiger partial charge in [0.2, 0.25) is 0 Å². The van der Waals surface area contributed by atoms with Crippen LogP contribution in [-0.4, -0.2) is 17.8 Å². The predicted molar refractivity (Wildman–Crippen MR) is 78.6 cm³/mol. The SMILES string of the molecule is CC(CBr)CCCNC(=O)c1cccc(Br)c1F. The van der Waals surface area contributed by atoms with Gasteiger partial charge in [0, 0.05) is 11.9 Å². The average Bonchev–Trinajstić information content (AvgIpc) is 2.37. The van der Waals surface area contributed by atoms with Gasteiger partial charge in [0.25, 0.3) is 5.91 Å². The van der Waals surface area contributed by atoms with Crippen LogP contribution in [0.15, 0.2) is 22.7 Å². The Balaban J connectivity index is 2.44. The summed E-state index contributed by atoms with van der Waals surface area (Å²) in [7, 11) is 0. The third-order valence-corrected chi connectivity index (χ3v) is 4.34. The van der Waals surface area contributed by atoms with E-state index in [9.17, 15) is 9.18 Å². The number of nitrogens with one attached hydrogen (secondary N) is 1. The van der Waals surface area contributed by atoms with E-state index in [1.165, 1.54) is 6.07 Å². The third-order valence-electron chi connectivity index (χ3n) is 2.62. The van der Waals surface area contributed by atoms with E-state index in [-0.39, 0.29) is 11.5 Å². The maximum absolute atomic E-state index is 13.6. The number of benzene rings is 1. The highest BCUT2D eigenvalue weighted by Gasteiger charge is 2.13. The second kappa shape index (κ2) is 7.89. The first-order chi connectivity index (χ1) is 8.56. The normalized spacial score (nSPS) is 12.2. The molecule has 2 nitrogen and oxygen atoms in total. The molecule has 0 saturated heterocycles. The first-order valence-corrected chi connectivity index (χ1v) is 7.76. The van der Waals surface area contributed by atoms with E-state index in [0.29, 0.717) is 16.9 Å². The molecule has 1 rings (SSSR count). The second-order valence-corrected chi connectivity index (χ2v) is 5.76. The molecule has 5 heteroatoms. The lowest BCUT2D eigenvalue weighted by Crippen LogP contribution is -2.25. The van der Waals surface area contributed by atoms with Crippen LogP contribution in [0.4, 0.5) is 4.39 Å². The van der Waals surface area contributed by atoms with Gasteiger partial charge in [0.05, 0.1) is 10.0 Å². The first-order valence-electron chi connectivity index (χ1n) is 5.84. The van der Waals surface area contributed by atoms with Gasteiger partial charge in [0.15, 0.2) is 0 Å². The highest BCUT2D eigenvalue weighted by atomic mass is 79.9. The van der Waals surface area contributed by atoms with E-state index in [2.05, 4.69) is 44.1 Å². The van der Waals surface area contributed by atoms with Crippen molar-refractivity contribution in [2.75, 3.05) is 11.9 Å². The molecule has 0 aliphatic rings. The third kappa shape index (κ3) is 4.69. The molecular formula is C13H16Br2FNO. The quantitative estimate of drug-likeness (QED) is 0.583. The van der Waals surface area contributed by atoms with E-state index in [4.69, 9.17) is 0 Å². The molecule has 0 aliphatic carbocycles. The van der Waals surface area contributed by atoms with E-state index >= 15 is 0 Å². The maximum atomic E-state index is 13.6. The van der Waals surface area contributed by atoms with Crippen LogP contribution in [0.3, 0.4) is 0 Å². The molecular weight excluding hydrogens is 365 g/mol. The van der Waals surface area contributed by atoms with Crippen molar-refractivity contribution in [3.8, 4) is 0 Å². The van der Waals surface area contributed by atoms with Gasteiger partial charge in [-0.05, 0) is 46.8 Å². The summed E-state index contributed by atoms with van der Waals surface area (Å²) in [5, 5.41) is 3.69. The molecule has 100 valence electrons. The Labute approximate surface area is 124 Å². The summed E-state index contributed by atoms with van der Waals surface area (Å²) in [6, 6.07) is 4.70. The van der Waals surface area contributed by atoms with Crippen LogP contribution in [0.2, 0.25) is 0 Å². The van der Waals surface area contributed by atoms with Crippen molar-refractivity contribution in [1.82, 2.24) is 5.32 Å². The molecule has 1 unspecified atom stereocenters. The maximum Gasteiger partial charge on any atom is 0.254 e. The molecule has 0 bridgehead atoms. The van der Waals surface area contributed by atoms with Crippen LogP contribution in [0.5, 0.6) is 0 Å². The molecule has 0 spiro atoms. The summed E-state index contributed by atoms with van der Waals surface area (Å²) in [5.41, 5.74) is 0.0814. The van der Waals surface area contributed by atoms with Crippen LogP contribution in [-0.2, 0) is 0 Å². The van der Waals surface area contributed by atoms with Crippen molar-refractivity contribution in [2.45, 2.75) is 19.8 Å². The number of carbonyl (C=O) groups is 1. The minimum absolute atomic E-state index is 0.0814. The Kier molecular flexibility index (Phi) is 6.86. The predicted octanol–water partition coefficient (Wildman–Crippen LogP) is 4.13. The largest absolute Gasteiger partial charge is 0.352 e.